The van der Waals surface area contributed by atoms with Gasteiger partial charge in [-0.1, -0.05) is 0 Å². The van der Waals surface area contributed by atoms with Crippen LogP contribution in [0.3, 0.4) is 0 Å². The maximum absolute atomic E-state index is 13.9. The Kier molecular flexibility index (Phi) is 3.91. The van der Waals surface area contributed by atoms with E-state index in [4.69, 9.17) is 6.57 Å². The van der Waals surface area contributed by atoms with Gasteiger partial charge in [0.25, 0.3) is 0 Å². The monoisotopic (exact) mass is 368 g/mol. The van der Waals surface area contributed by atoms with E-state index < -0.39 is 53.2 Å². The summed E-state index contributed by atoms with van der Waals surface area (Å²) < 4.78 is 91.7. The minimum Gasteiger partial charge on any atom is -0.382 e. The van der Waals surface area contributed by atoms with Crippen LogP contribution < -0.4 is 4.90 Å². The summed E-state index contributed by atoms with van der Waals surface area (Å²) in [6.45, 7) is 6.69. The number of rotatable bonds is 2. The van der Waals surface area contributed by atoms with Gasteiger partial charge in [0.15, 0.2) is 6.10 Å². The highest BCUT2D eigenvalue weighted by molar-refractivity contribution is 5.64. The third-order valence-corrected chi connectivity index (χ3v) is 4.66. The van der Waals surface area contributed by atoms with Gasteiger partial charge in [-0.25, -0.2) is 9.24 Å². The number of fused-ring (bicyclic) bond motifs is 1. The van der Waals surface area contributed by atoms with Crippen LogP contribution in [0.15, 0.2) is 12.1 Å². The first-order valence-electron chi connectivity index (χ1n) is 7.24. The molecule has 136 valence electrons. The van der Waals surface area contributed by atoms with E-state index in [1.165, 1.54) is 0 Å². The quantitative estimate of drug-likeness (QED) is 0.628. The van der Waals surface area contributed by atoms with Crippen molar-refractivity contribution in [2.24, 2.45) is 11.8 Å². The Balaban J connectivity index is 2.04. The van der Waals surface area contributed by atoms with E-state index in [2.05, 4.69) is 4.85 Å². The van der Waals surface area contributed by atoms with E-state index in [1.54, 1.807) is 0 Å². The van der Waals surface area contributed by atoms with E-state index in [9.17, 15) is 35.8 Å². The van der Waals surface area contributed by atoms with Crippen LogP contribution in [-0.4, -0.2) is 30.0 Å². The topological polar surface area (TPSA) is 27.8 Å². The fraction of sp³-hybridized carbons (Fsp3) is 0.533. The molecule has 0 bridgehead atoms. The number of hydrogen-bond acceptors (Lipinski definition) is 2. The molecule has 4 atom stereocenters. The Morgan fingerprint density at radius 2 is 1.84 bits per heavy atom. The van der Waals surface area contributed by atoms with Crippen LogP contribution in [0.4, 0.5) is 42.1 Å². The number of anilines is 1. The molecule has 1 aromatic rings. The zero-order valence-corrected chi connectivity index (χ0v) is 12.4. The molecule has 1 aromatic carbocycles. The van der Waals surface area contributed by atoms with Gasteiger partial charge in [-0.3, -0.25) is 0 Å². The van der Waals surface area contributed by atoms with Gasteiger partial charge in [-0.2, -0.15) is 26.3 Å². The largest absolute Gasteiger partial charge is 0.416 e. The smallest absolute Gasteiger partial charge is 0.382 e. The highest BCUT2D eigenvalue weighted by Gasteiger charge is 2.60. The van der Waals surface area contributed by atoms with Gasteiger partial charge in [0.2, 0.25) is 5.69 Å². The number of benzene rings is 1. The molecular formula is C15H11F7N2O. The van der Waals surface area contributed by atoms with E-state index >= 15 is 0 Å². The molecule has 0 amide bonds. The maximum Gasteiger partial charge on any atom is 0.416 e. The van der Waals surface area contributed by atoms with Crippen LogP contribution in [0.5, 0.6) is 0 Å². The lowest BCUT2D eigenvalue weighted by Gasteiger charge is -2.34. The molecule has 3 rings (SSSR count). The minimum atomic E-state index is -5.03. The molecule has 1 aliphatic heterocycles. The number of halogens is 7. The number of hydrogen-bond donors (Lipinski definition) is 1. The molecule has 0 radical (unpaired) electrons. The van der Waals surface area contributed by atoms with Crippen LogP contribution in [0, 0.1) is 24.2 Å². The second-order valence-electron chi connectivity index (χ2n) is 6.22. The molecule has 1 N–H and O–H groups in total. The molecule has 3 nitrogen and oxygen atoms in total. The van der Waals surface area contributed by atoms with E-state index in [1.807, 2.05) is 0 Å². The molecule has 0 spiro atoms. The van der Waals surface area contributed by atoms with E-state index in [0.717, 1.165) is 4.90 Å². The first kappa shape index (κ1) is 17.8. The molecule has 4 unspecified atom stereocenters. The Morgan fingerprint density at radius 1 is 1.20 bits per heavy atom. The summed E-state index contributed by atoms with van der Waals surface area (Å²) in [6.07, 6.45) is -12.3. The van der Waals surface area contributed by atoms with Crippen LogP contribution in [0.2, 0.25) is 0 Å². The maximum atomic E-state index is 13.9. The molecule has 0 aromatic heterocycles. The lowest BCUT2D eigenvalue weighted by molar-refractivity contribution is -0.210. The van der Waals surface area contributed by atoms with Crippen molar-refractivity contribution in [3.63, 3.8) is 0 Å². The molecule has 2 fully saturated rings. The van der Waals surface area contributed by atoms with Crippen molar-refractivity contribution in [3.05, 3.63) is 34.9 Å². The zero-order chi connectivity index (χ0) is 18.7. The Bertz CT molecular complexity index is 737. The summed E-state index contributed by atoms with van der Waals surface area (Å²) in [5, 5.41) is 9.58. The summed E-state index contributed by atoms with van der Waals surface area (Å²) in [7, 11) is 0. The predicted molar refractivity (Wildman–Crippen MR) is 72.5 cm³/mol. The fourth-order valence-electron chi connectivity index (χ4n) is 3.46. The summed E-state index contributed by atoms with van der Waals surface area (Å²) in [6, 6.07) is -0.384. The van der Waals surface area contributed by atoms with Crippen molar-refractivity contribution >= 4 is 11.4 Å². The Hall–Kier alpha value is -2.02. The molecule has 2 aliphatic rings. The molecule has 25 heavy (non-hydrogen) atoms. The molecule has 1 saturated carbocycles. The fourth-order valence-corrected chi connectivity index (χ4v) is 3.46. The third-order valence-electron chi connectivity index (χ3n) is 4.66. The first-order valence-corrected chi connectivity index (χ1v) is 7.24. The van der Waals surface area contributed by atoms with Crippen molar-refractivity contribution in [2.45, 2.75) is 30.9 Å². The molecule has 10 heteroatoms. The van der Waals surface area contributed by atoms with Crippen LogP contribution in [-0.2, 0) is 6.18 Å². The second-order valence-corrected chi connectivity index (χ2v) is 6.22. The van der Waals surface area contributed by atoms with Crippen molar-refractivity contribution in [3.8, 4) is 0 Å². The highest BCUT2D eigenvalue weighted by atomic mass is 19.4. The summed E-state index contributed by atoms with van der Waals surface area (Å²) in [5.41, 5.74) is -3.19. The first-order chi connectivity index (χ1) is 11.4. The van der Waals surface area contributed by atoms with Crippen LogP contribution >= 0.6 is 0 Å². The van der Waals surface area contributed by atoms with Crippen molar-refractivity contribution in [1.29, 1.82) is 0 Å². The normalized spacial score (nSPS) is 27.0. The second kappa shape index (κ2) is 5.49. The lowest BCUT2D eigenvalue weighted by Crippen LogP contribution is -2.49. The Labute approximate surface area is 137 Å². The van der Waals surface area contributed by atoms with Gasteiger partial charge in [-0.05, 0) is 30.4 Å². The lowest BCUT2D eigenvalue weighted by atomic mass is 10.0. The number of alkyl halides is 6. The number of piperidine rings is 1. The SMILES string of the molecule is [C-]#[N+]c1c(F)cc(N2CC3CC3C2C(O)C(F)(F)F)cc1C(F)(F)F. The molecular weight excluding hydrogens is 357 g/mol. The van der Waals surface area contributed by atoms with Crippen LogP contribution in [0.25, 0.3) is 4.85 Å². The summed E-state index contributed by atoms with van der Waals surface area (Å²) >= 11 is 0. The van der Waals surface area contributed by atoms with Gasteiger partial charge in [0.05, 0.1) is 18.2 Å². The molecule has 1 aliphatic carbocycles. The third kappa shape index (κ3) is 3.01. The van der Waals surface area contributed by atoms with Gasteiger partial charge in [0, 0.05) is 12.2 Å². The van der Waals surface area contributed by atoms with Crippen molar-refractivity contribution < 1.29 is 35.8 Å². The predicted octanol–water partition coefficient (Wildman–Crippen LogP) is 4.14. The van der Waals surface area contributed by atoms with Gasteiger partial charge >= 0.3 is 12.4 Å². The Morgan fingerprint density at radius 3 is 2.36 bits per heavy atom. The number of nitrogens with zero attached hydrogens (tertiary/aromatic N) is 2. The minimum absolute atomic E-state index is 0.00340. The average molecular weight is 368 g/mol. The van der Waals surface area contributed by atoms with Crippen LogP contribution in [0.1, 0.15) is 12.0 Å². The van der Waals surface area contributed by atoms with Gasteiger partial charge in [-0.15, -0.1) is 0 Å². The van der Waals surface area contributed by atoms with Gasteiger partial charge in [0.1, 0.15) is 5.82 Å². The standard InChI is InChI=1S/C15H11F7N2O/c1-23-11-9(14(17,18)19)3-7(4-10(11)16)24-5-6-2-8(6)12(24)13(25)15(20,21)22/h3-4,6,8,12-13,25H,2,5H2. The molecule has 1 saturated heterocycles. The van der Waals surface area contributed by atoms with E-state index in [-0.39, 0.29) is 12.5 Å². The van der Waals surface area contributed by atoms with Gasteiger partial charge < -0.3 is 10.0 Å². The van der Waals surface area contributed by atoms with E-state index in [0.29, 0.717) is 18.6 Å². The zero-order valence-electron chi connectivity index (χ0n) is 12.4. The number of aliphatic hydroxyl groups is 1. The summed E-state index contributed by atoms with van der Waals surface area (Å²) in [5.74, 6) is -2.14. The highest BCUT2D eigenvalue weighted by Crippen LogP contribution is 2.54. The number of aliphatic hydroxyl groups excluding tert-OH is 1. The van der Waals surface area contributed by atoms with Crippen molar-refractivity contribution in [2.75, 3.05) is 11.4 Å². The van der Waals surface area contributed by atoms with Crippen molar-refractivity contribution in [1.82, 2.24) is 0 Å². The summed E-state index contributed by atoms with van der Waals surface area (Å²) in [4.78, 5) is 3.49. The molecule has 1 heterocycles. The average Bonchev–Trinajstić information content (AvgIpc) is 3.14.